The van der Waals surface area contributed by atoms with Gasteiger partial charge in [-0.05, 0) is 5.56 Å². The minimum atomic E-state index is -0.648. The molecule has 0 saturated carbocycles. The molecule has 0 aliphatic rings. The summed E-state index contributed by atoms with van der Waals surface area (Å²) in [4.78, 5) is 30.8. The average Bonchev–Trinajstić information content (AvgIpc) is 2.97. The van der Waals surface area contributed by atoms with Crippen molar-refractivity contribution in [3.8, 4) is 17.0 Å². The first kappa shape index (κ1) is 13.3. The van der Waals surface area contributed by atoms with Crippen molar-refractivity contribution >= 4 is 11.3 Å². The number of benzene rings is 1. The van der Waals surface area contributed by atoms with Crippen molar-refractivity contribution in [2.45, 2.75) is 6.54 Å². The highest BCUT2D eigenvalue weighted by Gasteiger charge is 2.16. The van der Waals surface area contributed by atoms with Gasteiger partial charge in [0.2, 0.25) is 5.88 Å². The van der Waals surface area contributed by atoms with Crippen LogP contribution in [0.2, 0.25) is 0 Å². The van der Waals surface area contributed by atoms with Crippen LogP contribution < -0.4 is 11.2 Å². The van der Waals surface area contributed by atoms with Crippen LogP contribution in [0, 0.1) is 0 Å². The molecule has 21 heavy (non-hydrogen) atoms. The highest BCUT2D eigenvalue weighted by molar-refractivity contribution is 7.09. The molecule has 0 spiro atoms. The molecule has 1 aromatic carbocycles. The Labute approximate surface area is 123 Å². The fraction of sp³-hybridized carbons (Fsp3) is 0.0714. The van der Waals surface area contributed by atoms with Crippen LogP contribution in [0.3, 0.4) is 0 Å². The van der Waals surface area contributed by atoms with E-state index in [1.165, 1.54) is 11.3 Å². The van der Waals surface area contributed by atoms with Gasteiger partial charge in [0.15, 0.2) is 0 Å². The minimum Gasteiger partial charge on any atom is -0.494 e. The number of nitrogens with zero attached hydrogens (tertiary/aromatic N) is 2. The van der Waals surface area contributed by atoms with E-state index in [0.29, 0.717) is 5.56 Å². The molecule has 3 rings (SSSR count). The maximum absolute atomic E-state index is 12.0. The van der Waals surface area contributed by atoms with Crippen LogP contribution in [-0.4, -0.2) is 19.6 Å². The molecule has 0 aliphatic carbocycles. The van der Waals surface area contributed by atoms with Gasteiger partial charge in [0, 0.05) is 11.1 Å². The lowest BCUT2D eigenvalue weighted by atomic mass is 10.1. The molecule has 2 N–H and O–H groups in total. The summed E-state index contributed by atoms with van der Waals surface area (Å²) in [6.07, 6.45) is 1.61. The van der Waals surface area contributed by atoms with Crippen LogP contribution >= 0.6 is 11.3 Å². The summed E-state index contributed by atoms with van der Waals surface area (Å²) in [6.45, 7) is 0.159. The van der Waals surface area contributed by atoms with E-state index in [1.54, 1.807) is 36.0 Å². The maximum Gasteiger partial charge on any atom is 0.331 e. The first-order valence-electron chi connectivity index (χ1n) is 6.15. The summed E-state index contributed by atoms with van der Waals surface area (Å²) in [6, 6.07) is 8.72. The number of H-pyrrole nitrogens is 1. The normalized spacial score (nSPS) is 10.7. The number of nitrogens with one attached hydrogen (secondary N) is 1. The van der Waals surface area contributed by atoms with E-state index in [0.717, 1.165) is 9.44 Å². The third kappa shape index (κ3) is 2.50. The second-order valence-electron chi connectivity index (χ2n) is 4.38. The molecule has 6 nitrogen and oxygen atoms in total. The molecular formula is C14H11N3O3S. The van der Waals surface area contributed by atoms with Gasteiger partial charge >= 0.3 is 5.69 Å². The third-order valence-electron chi connectivity index (χ3n) is 3.03. The Morgan fingerprint density at radius 3 is 2.67 bits per heavy atom. The Morgan fingerprint density at radius 2 is 2.00 bits per heavy atom. The fourth-order valence-electron chi connectivity index (χ4n) is 2.05. The Hall–Kier alpha value is -2.67. The van der Waals surface area contributed by atoms with Crippen LogP contribution in [0.25, 0.3) is 11.1 Å². The predicted molar refractivity (Wildman–Crippen MR) is 79.6 cm³/mol. The SMILES string of the molecule is O=c1[nH]c(=O)n(Cc2cncs2)c(O)c1-c1ccccc1. The quantitative estimate of drug-likeness (QED) is 0.765. The Balaban J connectivity index is 2.18. The highest BCUT2D eigenvalue weighted by atomic mass is 32.1. The van der Waals surface area contributed by atoms with E-state index in [1.807, 2.05) is 6.07 Å². The van der Waals surface area contributed by atoms with Crippen molar-refractivity contribution in [1.82, 2.24) is 14.5 Å². The van der Waals surface area contributed by atoms with Gasteiger partial charge in [-0.1, -0.05) is 30.3 Å². The van der Waals surface area contributed by atoms with Gasteiger partial charge in [0.05, 0.1) is 12.1 Å². The summed E-state index contributed by atoms with van der Waals surface area (Å²) in [5, 5.41) is 10.3. The molecule has 0 aliphatic heterocycles. The lowest BCUT2D eigenvalue weighted by Crippen LogP contribution is -2.31. The van der Waals surface area contributed by atoms with Crippen molar-refractivity contribution < 1.29 is 5.11 Å². The minimum absolute atomic E-state index is 0.0831. The summed E-state index contributed by atoms with van der Waals surface area (Å²) in [7, 11) is 0. The Kier molecular flexibility index (Phi) is 3.41. The van der Waals surface area contributed by atoms with Crippen molar-refractivity contribution in [3.63, 3.8) is 0 Å². The number of aromatic amines is 1. The lowest BCUT2D eigenvalue weighted by molar-refractivity contribution is 0.412. The van der Waals surface area contributed by atoms with E-state index in [9.17, 15) is 14.7 Å². The number of hydrogen-bond acceptors (Lipinski definition) is 5. The van der Waals surface area contributed by atoms with Gasteiger partial charge < -0.3 is 5.11 Å². The molecular weight excluding hydrogens is 290 g/mol. The van der Waals surface area contributed by atoms with Gasteiger partial charge in [-0.2, -0.15) is 0 Å². The van der Waals surface area contributed by atoms with Crippen molar-refractivity contribution in [2.24, 2.45) is 0 Å². The number of rotatable bonds is 3. The largest absolute Gasteiger partial charge is 0.494 e. The second kappa shape index (κ2) is 5.37. The van der Waals surface area contributed by atoms with Crippen LogP contribution in [-0.2, 0) is 6.54 Å². The van der Waals surface area contributed by atoms with Gasteiger partial charge in [-0.25, -0.2) is 4.79 Å². The summed E-state index contributed by atoms with van der Waals surface area (Å²) in [5.41, 5.74) is 1.02. The zero-order valence-corrected chi connectivity index (χ0v) is 11.6. The van der Waals surface area contributed by atoms with Crippen molar-refractivity contribution in [3.05, 3.63) is 67.8 Å². The molecule has 0 atom stereocenters. The fourth-order valence-corrected chi connectivity index (χ4v) is 2.63. The van der Waals surface area contributed by atoms with Crippen LogP contribution in [0.1, 0.15) is 4.88 Å². The number of hydrogen-bond donors (Lipinski definition) is 2. The van der Waals surface area contributed by atoms with Gasteiger partial charge in [0.1, 0.15) is 5.56 Å². The third-order valence-corrected chi connectivity index (χ3v) is 3.80. The molecule has 2 heterocycles. The molecule has 0 fully saturated rings. The summed E-state index contributed by atoms with van der Waals surface area (Å²) >= 11 is 1.37. The molecule has 7 heteroatoms. The summed E-state index contributed by atoms with van der Waals surface area (Å²) in [5.74, 6) is -0.344. The molecule has 0 amide bonds. The van der Waals surface area contributed by atoms with Crippen molar-refractivity contribution in [2.75, 3.05) is 0 Å². The molecule has 0 saturated heterocycles. The highest BCUT2D eigenvalue weighted by Crippen LogP contribution is 2.24. The first-order valence-corrected chi connectivity index (χ1v) is 7.03. The van der Waals surface area contributed by atoms with Crippen LogP contribution in [0.15, 0.2) is 51.6 Å². The zero-order valence-electron chi connectivity index (χ0n) is 10.8. The summed E-state index contributed by atoms with van der Waals surface area (Å²) < 4.78 is 1.12. The molecule has 3 aromatic rings. The van der Waals surface area contributed by atoms with Crippen LogP contribution in [0.5, 0.6) is 5.88 Å². The van der Waals surface area contributed by atoms with Gasteiger partial charge in [-0.15, -0.1) is 11.3 Å². The van der Waals surface area contributed by atoms with Gasteiger partial charge in [-0.3, -0.25) is 19.3 Å². The number of aromatic hydroxyl groups is 1. The van der Waals surface area contributed by atoms with Gasteiger partial charge in [0.25, 0.3) is 5.56 Å². The van der Waals surface area contributed by atoms with Crippen LogP contribution in [0.4, 0.5) is 0 Å². The molecule has 0 radical (unpaired) electrons. The Morgan fingerprint density at radius 1 is 1.24 bits per heavy atom. The molecule has 2 aromatic heterocycles. The second-order valence-corrected chi connectivity index (χ2v) is 5.35. The van der Waals surface area contributed by atoms with Crippen molar-refractivity contribution in [1.29, 1.82) is 0 Å². The van der Waals surface area contributed by atoms with E-state index in [4.69, 9.17) is 0 Å². The Bertz CT molecular complexity index is 867. The standard InChI is InChI=1S/C14H11N3O3S/c18-12-11(9-4-2-1-3-5-9)13(19)17(14(20)16-12)7-10-6-15-8-21-10/h1-6,8,19H,7H2,(H,16,18,20). The first-order chi connectivity index (χ1) is 10.2. The van der Waals surface area contributed by atoms with E-state index >= 15 is 0 Å². The molecule has 0 unspecified atom stereocenters. The van der Waals surface area contributed by atoms with E-state index in [2.05, 4.69) is 9.97 Å². The average molecular weight is 301 g/mol. The predicted octanol–water partition coefficient (Wildman–Crippen LogP) is 1.41. The smallest absolute Gasteiger partial charge is 0.331 e. The molecule has 0 bridgehead atoms. The zero-order chi connectivity index (χ0) is 14.8. The van der Waals surface area contributed by atoms with E-state index in [-0.39, 0.29) is 18.0 Å². The lowest BCUT2D eigenvalue weighted by Gasteiger charge is -2.10. The number of aromatic nitrogens is 3. The molecule has 106 valence electrons. The monoisotopic (exact) mass is 301 g/mol. The topological polar surface area (TPSA) is 88.0 Å². The maximum atomic E-state index is 12.0. The van der Waals surface area contributed by atoms with E-state index < -0.39 is 11.2 Å². The number of thiazole rings is 1.